The van der Waals surface area contributed by atoms with Gasteiger partial charge in [-0.2, -0.15) is 4.68 Å². The predicted octanol–water partition coefficient (Wildman–Crippen LogP) is 1.70. The van der Waals surface area contributed by atoms with E-state index < -0.39 is 11.2 Å². The molecule has 0 N–H and O–H groups in total. The van der Waals surface area contributed by atoms with Gasteiger partial charge in [0.25, 0.3) is 0 Å². The quantitative estimate of drug-likeness (QED) is 0.774. The Balaban J connectivity index is 2.38. The Morgan fingerprint density at radius 3 is 2.28 bits per heavy atom. The molecule has 1 aromatic heterocycles. The third kappa shape index (κ3) is 2.54. The lowest BCUT2D eigenvalue weighted by Gasteiger charge is -2.19. The zero-order chi connectivity index (χ0) is 13.3. The van der Waals surface area contributed by atoms with Crippen molar-refractivity contribution in [1.82, 2.24) is 20.2 Å². The van der Waals surface area contributed by atoms with Crippen molar-refractivity contribution < 1.29 is 4.55 Å². The SMILES string of the molecule is C[S+]([O-])c1nnnn1-c1ccc(C(C)(C)C)cc1. The van der Waals surface area contributed by atoms with Crippen LogP contribution in [0.2, 0.25) is 0 Å². The van der Waals surface area contributed by atoms with Gasteiger partial charge in [-0.1, -0.05) is 38.0 Å². The monoisotopic (exact) mass is 264 g/mol. The molecule has 0 fully saturated rings. The molecule has 1 unspecified atom stereocenters. The van der Waals surface area contributed by atoms with Crippen LogP contribution in [-0.4, -0.2) is 31.0 Å². The van der Waals surface area contributed by atoms with E-state index in [2.05, 4.69) is 36.3 Å². The number of hydrogen-bond donors (Lipinski definition) is 0. The van der Waals surface area contributed by atoms with E-state index in [1.807, 2.05) is 24.3 Å². The average Bonchev–Trinajstić information content (AvgIpc) is 2.77. The zero-order valence-electron chi connectivity index (χ0n) is 10.9. The first-order valence-electron chi connectivity index (χ1n) is 5.62. The van der Waals surface area contributed by atoms with Crippen molar-refractivity contribution in [2.45, 2.75) is 31.3 Å². The van der Waals surface area contributed by atoms with E-state index in [0.717, 1.165) is 5.69 Å². The molecule has 0 saturated heterocycles. The molecule has 0 radical (unpaired) electrons. The van der Waals surface area contributed by atoms with Crippen molar-refractivity contribution in [3.05, 3.63) is 29.8 Å². The van der Waals surface area contributed by atoms with Crippen LogP contribution < -0.4 is 0 Å². The summed E-state index contributed by atoms with van der Waals surface area (Å²) in [5.74, 6) is 0. The van der Waals surface area contributed by atoms with Gasteiger partial charge in [0.15, 0.2) is 0 Å². The lowest BCUT2D eigenvalue weighted by molar-refractivity contribution is 0.583. The fraction of sp³-hybridized carbons (Fsp3) is 0.417. The van der Waals surface area contributed by atoms with Crippen LogP contribution in [0.15, 0.2) is 29.4 Å². The number of aromatic nitrogens is 4. The van der Waals surface area contributed by atoms with Gasteiger partial charge in [0.2, 0.25) is 0 Å². The second-order valence-electron chi connectivity index (χ2n) is 5.12. The first-order chi connectivity index (χ1) is 8.39. The summed E-state index contributed by atoms with van der Waals surface area (Å²) in [4.78, 5) is 0. The summed E-state index contributed by atoms with van der Waals surface area (Å²) in [5, 5.41) is 11.5. The summed E-state index contributed by atoms with van der Waals surface area (Å²) in [6.07, 6.45) is 1.56. The molecule has 18 heavy (non-hydrogen) atoms. The molecular formula is C12H16N4OS. The smallest absolute Gasteiger partial charge is 0.365 e. The van der Waals surface area contributed by atoms with E-state index in [1.165, 1.54) is 10.2 Å². The van der Waals surface area contributed by atoms with Crippen LogP contribution in [0.3, 0.4) is 0 Å². The maximum absolute atomic E-state index is 11.5. The van der Waals surface area contributed by atoms with Gasteiger partial charge in [-0.25, -0.2) is 0 Å². The fourth-order valence-electron chi connectivity index (χ4n) is 1.62. The summed E-state index contributed by atoms with van der Waals surface area (Å²) in [5.41, 5.74) is 2.16. The van der Waals surface area contributed by atoms with Crippen LogP contribution in [0.4, 0.5) is 0 Å². The number of benzene rings is 1. The van der Waals surface area contributed by atoms with Gasteiger partial charge in [-0.05, 0) is 33.5 Å². The molecule has 96 valence electrons. The standard InChI is InChI=1S/C12H16N4OS/c1-12(2,3)9-5-7-10(8-6-9)16-11(18(4)17)13-14-15-16/h5-8H,1-4H3. The summed E-state index contributed by atoms with van der Waals surface area (Å²) < 4.78 is 13.0. The lowest BCUT2D eigenvalue weighted by atomic mass is 9.87. The van der Waals surface area contributed by atoms with Crippen molar-refractivity contribution in [1.29, 1.82) is 0 Å². The van der Waals surface area contributed by atoms with Crippen molar-refractivity contribution in [3.8, 4) is 5.69 Å². The van der Waals surface area contributed by atoms with Gasteiger partial charge in [0.05, 0.1) is 5.69 Å². The molecule has 0 spiro atoms. The number of rotatable bonds is 2. The first kappa shape index (κ1) is 13.0. The van der Waals surface area contributed by atoms with Gasteiger partial charge in [0.1, 0.15) is 6.26 Å². The first-order valence-corrected chi connectivity index (χ1v) is 7.18. The van der Waals surface area contributed by atoms with Gasteiger partial charge in [0, 0.05) is 11.2 Å². The second-order valence-corrected chi connectivity index (χ2v) is 6.40. The molecule has 0 bridgehead atoms. The van der Waals surface area contributed by atoms with Crippen LogP contribution in [0, 0.1) is 0 Å². The average molecular weight is 264 g/mol. The Labute approximate surface area is 109 Å². The highest BCUT2D eigenvalue weighted by Gasteiger charge is 2.18. The topological polar surface area (TPSA) is 66.7 Å². The molecule has 0 saturated carbocycles. The van der Waals surface area contributed by atoms with Gasteiger partial charge >= 0.3 is 5.16 Å². The van der Waals surface area contributed by atoms with Crippen LogP contribution in [0.25, 0.3) is 5.69 Å². The summed E-state index contributed by atoms with van der Waals surface area (Å²) >= 11 is -1.21. The second kappa shape index (κ2) is 4.70. The molecule has 1 atom stereocenters. The minimum absolute atomic E-state index is 0.107. The minimum atomic E-state index is -1.21. The summed E-state index contributed by atoms with van der Waals surface area (Å²) in [7, 11) is 0. The lowest BCUT2D eigenvalue weighted by Crippen LogP contribution is -2.12. The maximum Gasteiger partial charge on any atom is 0.365 e. The van der Waals surface area contributed by atoms with E-state index in [1.54, 1.807) is 6.26 Å². The summed E-state index contributed by atoms with van der Waals surface area (Å²) in [6.45, 7) is 6.47. The van der Waals surface area contributed by atoms with Crippen LogP contribution in [-0.2, 0) is 16.6 Å². The highest BCUT2D eigenvalue weighted by molar-refractivity contribution is 7.90. The summed E-state index contributed by atoms with van der Waals surface area (Å²) in [6, 6.07) is 7.96. The van der Waals surface area contributed by atoms with Gasteiger partial charge in [-0.3, -0.25) is 0 Å². The molecule has 5 nitrogen and oxygen atoms in total. The van der Waals surface area contributed by atoms with Crippen molar-refractivity contribution in [2.24, 2.45) is 0 Å². The molecular weight excluding hydrogens is 248 g/mol. The number of tetrazole rings is 1. The van der Waals surface area contributed by atoms with Crippen molar-refractivity contribution in [2.75, 3.05) is 6.26 Å². The highest BCUT2D eigenvalue weighted by atomic mass is 32.2. The van der Waals surface area contributed by atoms with E-state index >= 15 is 0 Å². The fourth-order valence-corrected chi connectivity index (χ4v) is 2.16. The molecule has 2 rings (SSSR count). The van der Waals surface area contributed by atoms with Crippen LogP contribution in [0.5, 0.6) is 0 Å². The predicted molar refractivity (Wildman–Crippen MR) is 70.2 cm³/mol. The third-order valence-electron chi connectivity index (χ3n) is 2.68. The van der Waals surface area contributed by atoms with E-state index in [9.17, 15) is 4.55 Å². The van der Waals surface area contributed by atoms with Crippen molar-refractivity contribution >= 4 is 11.2 Å². The van der Waals surface area contributed by atoms with Crippen molar-refractivity contribution in [3.63, 3.8) is 0 Å². The van der Waals surface area contributed by atoms with Gasteiger partial charge < -0.3 is 4.55 Å². The van der Waals surface area contributed by atoms with Gasteiger partial charge in [-0.15, -0.1) is 0 Å². The highest BCUT2D eigenvalue weighted by Crippen LogP contribution is 2.23. The van der Waals surface area contributed by atoms with Crippen LogP contribution in [0.1, 0.15) is 26.3 Å². The number of hydrogen-bond acceptors (Lipinski definition) is 4. The Hall–Kier alpha value is -1.40. The van der Waals surface area contributed by atoms with E-state index in [-0.39, 0.29) is 5.41 Å². The number of nitrogens with zero attached hydrogens (tertiary/aromatic N) is 4. The Morgan fingerprint density at radius 2 is 1.78 bits per heavy atom. The maximum atomic E-state index is 11.5. The molecule has 1 heterocycles. The Morgan fingerprint density at radius 1 is 1.17 bits per heavy atom. The molecule has 0 aliphatic carbocycles. The molecule has 0 aliphatic heterocycles. The zero-order valence-corrected chi connectivity index (χ0v) is 11.7. The molecule has 1 aromatic carbocycles. The molecule has 2 aromatic rings. The van der Waals surface area contributed by atoms with E-state index in [4.69, 9.17) is 0 Å². The molecule has 6 heteroatoms. The minimum Gasteiger partial charge on any atom is -0.609 e. The Bertz CT molecular complexity index is 528. The van der Waals surface area contributed by atoms with Crippen LogP contribution >= 0.6 is 0 Å². The molecule has 0 amide bonds. The molecule has 0 aliphatic rings. The third-order valence-corrected chi connectivity index (χ3v) is 3.44. The Kier molecular flexibility index (Phi) is 3.41. The normalized spacial score (nSPS) is 13.6. The largest absolute Gasteiger partial charge is 0.609 e. The van der Waals surface area contributed by atoms with E-state index in [0.29, 0.717) is 5.16 Å².